The summed E-state index contributed by atoms with van der Waals surface area (Å²) in [7, 11) is -3.53. The van der Waals surface area contributed by atoms with Gasteiger partial charge in [-0.05, 0) is 43.0 Å². The molecule has 0 bridgehead atoms. The van der Waals surface area contributed by atoms with E-state index < -0.39 is 10.0 Å². The van der Waals surface area contributed by atoms with E-state index in [9.17, 15) is 8.42 Å². The van der Waals surface area contributed by atoms with Gasteiger partial charge in [-0.2, -0.15) is 9.57 Å². The summed E-state index contributed by atoms with van der Waals surface area (Å²) in [4.78, 5) is 0.226. The number of nitriles is 1. The Morgan fingerprint density at radius 2 is 2.05 bits per heavy atom. The molecule has 1 aromatic carbocycles. The molecule has 20 heavy (non-hydrogen) atoms. The van der Waals surface area contributed by atoms with Crippen LogP contribution < -0.4 is 5.73 Å². The fourth-order valence-corrected chi connectivity index (χ4v) is 4.26. The van der Waals surface area contributed by atoms with Crippen molar-refractivity contribution in [2.24, 2.45) is 11.7 Å². The summed E-state index contributed by atoms with van der Waals surface area (Å²) >= 11 is 0. The molecule has 0 amide bonds. The SMILES string of the molecule is CC1CCN(S(=O)(=O)c2ccc(C#N)cc2)C(CN)C1. The van der Waals surface area contributed by atoms with Gasteiger partial charge >= 0.3 is 0 Å². The molecule has 1 aliphatic heterocycles. The van der Waals surface area contributed by atoms with Crippen molar-refractivity contribution in [2.75, 3.05) is 13.1 Å². The van der Waals surface area contributed by atoms with Crippen LogP contribution in [0.3, 0.4) is 0 Å². The van der Waals surface area contributed by atoms with Crippen LogP contribution in [-0.2, 0) is 10.0 Å². The highest BCUT2D eigenvalue weighted by atomic mass is 32.2. The van der Waals surface area contributed by atoms with E-state index in [1.807, 2.05) is 6.07 Å². The van der Waals surface area contributed by atoms with Gasteiger partial charge < -0.3 is 5.73 Å². The molecule has 2 unspecified atom stereocenters. The van der Waals surface area contributed by atoms with E-state index in [0.717, 1.165) is 12.8 Å². The van der Waals surface area contributed by atoms with E-state index in [2.05, 4.69) is 6.92 Å². The molecule has 0 spiro atoms. The summed E-state index contributed by atoms with van der Waals surface area (Å²) < 4.78 is 26.8. The minimum atomic E-state index is -3.53. The molecule has 1 saturated heterocycles. The lowest BCUT2D eigenvalue weighted by atomic mass is 9.94. The van der Waals surface area contributed by atoms with E-state index >= 15 is 0 Å². The van der Waals surface area contributed by atoms with E-state index in [4.69, 9.17) is 11.0 Å². The predicted molar refractivity (Wildman–Crippen MR) is 76.3 cm³/mol. The van der Waals surface area contributed by atoms with Gasteiger partial charge in [-0.15, -0.1) is 0 Å². The highest BCUT2D eigenvalue weighted by Crippen LogP contribution is 2.28. The standard InChI is InChI=1S/C14H19N3O2S/c1-11-6-7-17(13(8-11)10-16)20(18,19)14-4-2-12(9-15)3-5-14/h2-5,11,13H,6-8,10,16H2,1H3. The van der Waals surface area contributed by atoms with E-state index in [0.29, 0.717) is 24.6 Å². The Bertz CT molecular complexity index is 604. The van der Waals surface area contributed by atoms with Crippen LogP contribution in [0.5, 0.6) is 0 Å². The minimum absolute atomic E-state index is 0.139. The predicted octanol–water partition coefficient (Wildman–Crippen LogP) is 1.31. The Morgan fingerprint density at radius 3 is 2.60 bits per heavy atom. The molecule has 0 saturated carbocycles. The van der Waals surface area contributed by atoms with Crippen molar-refractivity contribution < 1.29 is 8.42 Å². The first-order valence-corrected chi connectivity index (χ1v) is 8.15. The Morgan fingerprint density at radius 1 is 1.40 bits per heavy atom. The number of piperidine rings is 1. The Labute approximate surface area is 120 Å². The first-order valence-electron chi connectivity index (χ1n) is 6.71. The van der Waals surface area contributed by atoms with Crippen LogP contribution in [0.15, 0.2) is 29.2 Å². The van der Waals surface area contributed by atoms with Crippen molar-refractivity contribution in [3.63, 3.8) is 0 Å². The van der Waals surface area contributed by atoms with Gasteiger partial charge in [0.25, 0.3) is 0 Å². The molecule has 0 radical (unpaired) electrons. The number of nitrogens with two attached hydrogens (primary N) is 1. The maximum Gasteiger partial charge on any atom is 0.243 e. The zero-order valence-electron chi connectivity index (χ0n) is 11.5. The molecule has 1 aliphatic rings. The fraction of sp³-hybridized carbons (Fsp3) is 0.500. The first-order chi connectivity index (χ1) is 9.48. The molecule has 6 heteroatoms. The smallest absolute Gasteiger partial charge is 0.243 e. The van der Waals surface area contributed by atoms with Crippen LogP contribution in [0.4, 0.5) is 0 Å². The molecule has 2 rings (SSSR count). The van der Waals surface area contributed by atoms with Gasteiger partial charge in [-0.1, -0.05) is 6.92 Å². The lowest BCUT2D eigenvalue weighted by Gasteiger charge is -2.36. The first kappa shape index (κ1) is 15.0. The van der Waals surface area contributed by atoms with E-state index in [1.165, 1.54) is 28.6 Å². The lowest BCUT2D eigenvalue weighted by Crippen LogP contribution is -2.49. The summed E-state index contributed by atoms with van der Waals surface area (Å²) in [5.74, 6) is 0.496. The third-order valence-electron chi connectivity index (χ3n) is 3.79. The van der Waals surface area contributed by atoms with Crippen molar-refractivity contribution in [1.82, 2.24) is 4.31 Å². The largest absolute Gasteiger partial charge is 0.329 e. The maximum absolute atomic E-state index is 12.7. The number of rotatable bonds is 3. The summed E-state index contributed by atoms with van der Waals surface area (Å²) in [5, 5.41) is 8.76. The maximum atomic E-state index is 12.7. The topological polar surface area (TPSA) is 87.2 Å². The van der Waals surface area contributed by atoms with Crippen LogP contribution >= 0.6 is 0 Å². The van der Waals surface area contributed by atoms with Crippen molar-refractivity contribution in [3.8, 4) is 6.07 Å². The van der Waals surface area contributed by atoms with E-state index in [1.54, 1.807) is 0 Å². The Hall–Kier alpha value is -1.42. The molecule has 1 aromatic rings. The molecular formula is C14H19N3O2S. The summed E-state index contributed by atoms with van der Waals surface area (Å²) in [5.41, 5.74) is 6.18. The normalized spacial score (nSPS) is 24.2. The molecular weight excluding hydrogens is 274 g/mol. The van der Waals surface area contributed by atoms with Crippen LogP contribution in [0.1, 0.15) is 25.3 Å². The van der Waals surface area contributed by atoms with Crippen LogP contribution in [0.25, 0.3) is 0 Å². The van der Waals surface area contributed by atoms with Crippen molar-refractivity contribution in [1.29, 1.82) is 5.26 Å². The quantitative estimate of drug-likeness (QED) is 0.910. The molecule has 5 nitrogen and oxygen atoms in total. The van der Waals surface area contributed by atoms with Crippen LogP contribution in [0.2, 0.25) is 0 Å². The average molecular weight is 293 g/mol. The van der Waals surface area contributed by atoms with Crippen molar-refractivity contribution >= 4 is 10.0 Å². The fourth-order valence-electron chi connectivity index (χ4n) is 2.60. The molecule has 108 valence electrons. The molecule has 0 aromatic heterocycles. The van der Waals surface area contributed by atoms with Gasteiger partial charge in [0.1, 0.15) is 0 Å². The monoisotopic (exact) mass is 293 g/mol. The second-order valence-electron chi connectivity index (χ2n) is 5.27. The number of nitrogens with zero attached hydrogens (tertiary/aromatic N) is 2. The second-order valence-corrected chi connectivity index (χ2v) is 7.16. The van der Waals surface area contributed by atoms with Gasteiger partial charge in [-0.25, -0.2) is 8.42 Å². The van der Waals surface area contributed by atoms with E-state index in [-0.39, 0.29) is 10.9 Å². The zero-order valence-corrected chi connectivity index (χ0v) is 12.3. The van der Waals surface area contributed by atoms with Crippen molar-refractivity contribution in [2.45, 2.75) is 30.7 Å². The zero-order chi connectivity index (χ0) is 14.8. The number of sulfonamides is 1. The Kier molecular flexibility index (Phi) is 4.43. The van der Waals surface area contributed by atoms with Crippen LogP contribution in [0, 0.1) is 17.2 Å². The summed E-state index contributed by atoms with van der Waals surface area (Å²) in [6.07, 6.45) is 1.65. The summed E-state index contributed by atoms with van der Waals surface area (Å²) in [6, 6.07) is 7.86. The van der Waals surface area contributed by atoms with Gasteiger partial charge in [0.05, 0.1) is 16.5 Å². The second kappa shape index (κ2) is 5.92. The van der Waals surface area contributed by atoms with Crippen LogP contribution in [-0.4, -0.2) is 31.9 Å². The highest BCUT2D eigenvalue weighted by molar-refractivity contribution is 7.89. The average Bonchev–Trinajstić information content (AvgIpc) is 2.46. The Balaban J connectivity index is 2.31. The number of benzene rings is 1. The van der Waals surface area contributed by atoms with Gasteiger partial charge in [0.2, 0.25) is 10.0 Å². The molecule has 2 N–H and O–H groups in total. The third kappa shape index (κ3) is 2.85. The van der Waals surface area contributed by atoms with Gasteiger partial charge in [-0.3, -0.25) is 0 Å². The molecule has 1 heterocycles. The molecule has 1 fully saturated rings. The summed E-state index contributed by atoms with van der Waals surface area (Å²) in [6.45, 7) is 2.96. The van der Waals surface area contributed by atoms with Gasteiger partial charge in [0, 0.05) is 19.1 Å². The third-order valence-corrected chi connectivity index (χ3v) is 5.75. The molecule has 0 aliphatic carbocycles. The number of hydrogen-bond donors (Lipinski definition) is 1. The minimum Gasteiger partial charge on any atom is -0.329 e. The van der Waals surface area contributed by atoms with Crippen molar-refractivity contribution in [3.05, 3.63) is 29.8 Å². The number of hydrogen-bond acceptors (Lipinski definition) is 4. The molecule has 2 atom stereocenters. The lowest BCUT2D eigenvalue weighted by molar-refractivity contribution is 0.211. The highest BCUT2D eigenvalue weighted by Gasteiger charge is 2.34. The van der Waals surface area contributed by atoms with Gasteiger partial charge in [0.15, 0.2) is 0 Å².